The van der Waals surface area contributed by atoms with Gasteiger partial charge in [0.2, 0.25) is 0 Å². The summed E-state index contributed by atoms with van der Waals surface area (Å²) in [7, 11) is 0.677. The third-order valence-electron chi connectivity index (χ3n) is 17.7. The topological polar surface area (TPSA) is 107 Å². The first kappa shape index (κ1) is 65.5. The minimum atomic E-state index is -0.141. The third kappa shape index (κ3) is 14.6. The highest BCUT2D eigenvalue weighted by atomic mass is 35.5. The van der Waals surface area contributed by atoms with E-state index < -0.39 is 0 Å². The van der Waals surface area contributed by atoms with Gasteiger partial charge in [-0.05, 0) is 106 Å². The number of benzene rings is 10. The van der Waals surface area contributed by atoms with Crippen LogP contribution >= 0.6 is 11.6 Å². The Morgan fingerprint density at radius 1 is 0.280 bits per heavy atom. The van der Waals surface area contributed by atoms with Crippen molar-refractivity contribution < 1.29 is 9.68 Å². The molecule has 0 bridgehead atoms. The number of fused-ring (bicyclic) bond motifs is 6. The van der Waals surface area contributed by atoms with Crippen LogP contribution in [0.3, 0.4) is 0 Å². The average molecular weight is 1310 g/mol. The molecular formula is C90H71BClN6O2. The third-order valence-corrected chi connectivity index (χ3v) is 18.1. The van der Waals surface area contributed by atoms with E-state index in [-0.39, 0.29) is 10.8 Å². The highest BCUT2D eigenvalue weighted by Gasteiger charge is 2.23. The van der Waals surface area contributed by atoms with Crippen molar-refractivity contribution in [3.63, 3.8) is 0 Å². The lowest BCUT2D eigenvalue weighted by molar-refractivity contribution is 0.454. The molecule has 0 atom stereocenters. The molecule has 6 heterocycles. The van der Waals surface area contributed by atoms with Crippen molar-refractivity contribution in [3.8, 4) is 107 Å². The first-order valence-corrected chi connectivity index (χ1v) is 33.9. The molecule has 6 aromatic heterocycles. The van der Waals surface area contributed by atoms with Crippen LogP contribution in [0, 0.1) is 0 Å². The van der Waals surface area contributed by atoms with Gasteiger partial charge in [0.25, 0.3) is 0 Å². The zero-order chi connectivity index (χ0) is 68.7. The van der Waals surface area contributed by atoms with Crippen LogP contribution in [0.25, 0.3) is 145 Å². The normalized spacial score (nSPS) is 11.4. The molecule has 0 fully saturated rings. The SMILES string of the molecule is CC(C)(C)c1cc(-c2ccc(-c3cc(-c4ccccc4)cc(-c4ccccc4)n3)cc2)c2ccc3ccc(-c4ccccc4)nc3c2n1.CC(C)(C)c1cc(Cl)c2ccc3ccc(-c4ccccc4)nc3c2n1.O[B]Oc1ccc(-c2cc(-c3ccccc3)cc(-c3ccccc3)n2)cc1. The van der Waals surface area contributed by atoms with Crippen LogP contribution in [0.1, 0.15) is 52.9 Å². The molecule has 0 aliphatic heterocycles. The summed E-state index contributed by atoms with van der Waals surface area (Å²) >= 11 is 6.56. The fourth-order valence-corrected chi connectivity index (χ4v) is 12.6. The van der Waals surface area contributed by atoms with E-state index in [1.165, 1.54) is 5.56 Å². The van der Waals surface area contributed by atoms with E-state index in [0.29, 0.717) is 13.4 Å². The van der Waals surface area contributed by atoms with Crippen LogP contribution in [0.2, 0.25) is 5.02 Å². The second-order valence-corrected chi connectivity index (χ2v) is 27.2. The largest absolute Gasteiger partial charge is 0.569 e. The number of rotatable bonds is 11. The molecule has 10 heteroatoms. The van der Waals surface area contributed by atoms with Gasteiger partial charge < -0.3 is 9.68 Å². The lowest BCUT2D eigenvalue weighted by Gasteiger charge is -2.21. The summed E-state index contributed by atoms with van der Waals surface area (Å²) < 4.78 is 4.99. The number of nitrogens with zero attached hydrogens (tertiary/aromatic N) is 6. The molecule has 0 amide bonds. The van der Waals surface area contributed by atoms with Gasteiger partial charge in [0.15, 0.2) is 0 Å². The molecule has 10 aromatic carbocycles. The van der Waals surface area contributed by atoms with Crippen molar-refractivity contribution in [1.29, 1.82) is 0 Å². The van der Waals surface area contributed by atoms with Gasteiger partial charge in [-0.2, -0.15) is 0 Å². The molecule has 0 aliphatic carbocycles. The van der Waals surface area contributed by atoms with Gasteiger partial charge in [0.1, 0.15) is 5.75 Å². The summed E-state index contributed by atoms with van der Waals surface area (Å²) in [6, 6.07) is 108. The fourth-order valence-electron chi connectivity index (χ4n) is 12.3. The maximum absolute atomic E-state index is 8.77. The zero-order valence-corrected chi connectivity index (χ0v) is 57.3. The molecule has 8 nitrogen and oxygen atoms in total. The predicted octanol–water partition coefficient (Wildman–Crippen LogP) is 23.2. The second kappa shape index (κ2) is 28.8. The molecule has 1 N–H and O–H groups in total. The van der Waals surface area contributed by atoms with Gasteiger partial charge >= 0.3 is 7.69 Å². The van der Waals surface area contributed by atoms with Crippen molar-refractivity contribution >= 4 is 62.9 Å². The monoisotopic (exact) mass is 1310 g/mol. The van der Waals surface area contributed by atoms with E-state index in [1.54, 1.807) is 12.1 Å². The number of aromatic nitrogens is 6. The Labute approximate surface area is 589 Å². The number of halogens is 1. The molecule has 483 valence electrons. The Balaban J connectivity index is 0.000000139. The summed E-state index contributed by atoms with van der Waals surface area (Å²) in [6.07, 6.45) is 0. The van der Waals surface area contributed by atoms with Crippen molar-refractivity contribution in [2.45, 2.75) is 52.4 Å². The Morgan fingerprint density at radius 3 is 0.990 bits per heavy atom. The number of hydrogen-bond acceptors (Lipinski definition) is 8. The molecule has 16 rings (SSSR count). The van der Waals surface area contributed by atoms with Crippen LogP contribution in [0.15, 0.2) is 315 Å². The van der Waals surface area contributed by atoms with Crippen LogP contribution in [-0.2, 0) is 10.8 Å². The Kier molecular flexibility index (Phi) is 18.8. The fraction of sp³-hybridized carbons (Fsp3) is 0.0889. The van der Waals surface area contributed by atoms with Gasteiger partial charge in [0, 0.05) is 77.1 Å². The van der Waals surface area contributed by atoms with Gasteiger partial charge in [-0.3, -0.25) is 0 Å². The maximum Gasteiger partial charge on any atom is 0.569 e. The van der Waals surface area contributed by atoms with Crippen LogP contribution in [-0.4, -0.2) is 42.6 Å². The molecule has 0 saturated heterocycles. The van der Waals surface area contributed by atoms with Gasteiger partial charge in [0.05, 0.1) is 61.3 Å². The molecule has 16 aromatic rings. The first-order chi connectivity index (χ1) is 48.7. The lowest BCUT2D eigenvalue weighted by atomic mass is 9.88. The Morgan fingerprint density at radius 2 is 0.600 bits per heavy atom. The van der Waals surface area contributed by atoms with Crippen LogP contribution in [0.4, 0.5) is 0 Å². The standard InChI is InChI=1S/C45H35N3.C23H17BNO2.C22H19ClN2/c1-45(2,3)42-29-38(37-25-23-35-24-26-39(32-15-9-5-10-16-32)47-43(35)44(37)48-42)31-19-21-34(22-20-31)41-28-36(30-13-7-4-8-14-30)27-40(46-41)33-17-11-6-12-18-33;26-24-27-21-13-11-19(12-14-21)23-16-20(17-7-3-1-4-8-17)15-22(25-23)18-9-5-2-6-10-18;1-22(2,3)19-13-17(23)16-11-9-15-10-12-18(14-7-5-4-6-8-14)24-20(15)21(16)25-19/h4-29H,1-3H3;1-16,26H;4-13H,1-3H3. The number of hydrogen-bond donors (Lipinski definition) is 1. The lowest BCUT2D eigenvalue weighted by Crippen LogP contribution is -2.14. The van der Waals surface area contributed by atoms with Gasteiger partial charge in [-0.15, -0.1) is 0 Å². The summed E-state index contributed by atoms with van der Waals surface area (Å²) in [5.74, 6) is 0.573. The van der Waals surface area contributed by atoms with Gasteiger partial charge in [-0.25, -0.2) is 29.9 Å². The van der Waals surface area contributed by atoms with E-state index in [4.69, 9.17) is 51.2 Å². The molecule has 0 spiro atoms. The van der Waals surface area contributed by atoms with Crippen molar-refractivity contribution in [3.05, 3.63) is 332 Å². The first-order valence-electron chi connectivity index (χ1n) is 33.5. The molecule has 1 radical (unpaired) electrons. The van der Waals surface area contributed by atoms with E-state index >= 15 is 0 Å². The van der Waals surface area contributed by atoms with Crippen molar-refractivity contribution in [2.75, 3.05) is 0 Å². The molecule has 0 unspecified atom stereocenters. The van der Waals surface area contributed by atoms with Crippen LogP contribution < -0.4 is 4.65 Å². The van der Waals surface area contributed by atoms with E-state index in [0.717, 1.165) is 155 Å². The van der Waals surface area contributed by atoms with E-state index in [9.17, 15) is 0 Å². The highest BCUT2D eigenvalue weighted by molar-refractivity contribution is 6.36. The summed E-state index contributed by atoms with van der Waals surface area (Å²) in [5.41, 5.74) is 24.3. The number of pyridine rings is 6. The Bertz CT molecular complexity index is 5430. The van der Waals surface area contributed by atoms with E-state index in [2.05, 4.69) is 254 Å². The highest BCUT2D eigenvalue weighted by Crippen LogP contribution is 2.40. The average Bonchev–Trinajstić information content (AvgIpc) is 0.756. The minimum absolute atomic E-state index is 0.0724. The maximum atomic E-state index is 8.77. The summed E-state index contributed by atoms with van der Waals surface area (Å²) in [4.78, 5) is 30.3. The van der Waals surface area contributed by atoms with Crippen molar-refractivity contribution in [2.24, 2.45) is 0 Å². The molecule has 0 aliphatic rings. The van der Waals surface area contributed by atoms with Crippen molar-refractivity contribution in [1.82, 2.24) is 29.9 Å². The summed E-state index contributed by atoms with van der Waals surface area (Å²) in [6.45, 7) is 13.1. The molecular weight excluding hydrogens is 1240 g/mol. The van der Waals surface area contributed by atoms with E-state index in [1.807, 2.05) is 91.0 Å². The zero-order valence-electron chi connectivity index (χ0n) is 56.5. The quantitative estimate of drug-likeness (QED) is 0.101. The predicted molar refractivity (Wildman–Crippen MR) is 416 cm³/mol. The second-order valence-electron chi connectivity index (χ2n) is 26.8. The summed E-state index contributed by atoms with van der Waals surface area (Å²) in [5, 5.41) is 13.7. The molecule has 0 saturated carbocycles. The molecule has 100 heavy (non-hydrogen) atoms. The van der Waals surface area contributed by atoms with Crippen LogP contribution in [0.5, 0.6) is 5.75 Å². The van der Waals surface area contributed by atoms with Gasteiger partial charge in [-0.1, -0.05) is 296 Å². The minimum Gasteiger partial charge on any atom is -0.537 e. The smallest absolute Gasteiger partial charge is 0.537 e. The Hall–Kier alpha value is -11.7.